The van der Waals surface area contributed by atoms with Gasteiger partial charge in [-0.25, -0.2) is 9.97 Å². The van der Waals surface area contributed by atoms with E-state index in [0.717, 1.165) is 27.0 Å². The maximum Gasteiger partial charge on any atom is 0.228 e. The van der Waals surface area contributed by atoms with Crippen molar-refractivity contribution in [1.29, 1.82) is 0 Å². The van der Waals surface area contributed by atoms with Crippen molar-refractivity contribution in [3.63, 3.8) is 0 Å². The van der Waals surface area contributed by atoms with Gasteiger partial charge in [-0.3, -0.25) is 4.98 Å². The molecule has 10 heteroatoms. The predicted molar refractivity (Wildman–Crippen MR) is 91.5 cm³/mol. The van der Waals surface area contributed by atoms with Crippen LogP contribution in [0.5, 0.6) is 0 Å². The van der Waals surface area contributed by atoms with Gasteiger partial charge in [0, 0.05) is 6.20 Å². The monoisotopic (exact) mass is 390 g/mol. The van der Waals surface area contributed by atoms with Gasteiger partial charge >= 0.3 is 0 Å². The van der Waals surface area contributed by atoms with Gasteiger partial charge in [0.15, 0.2) is 10.8 Å². The predicted octanol–water partition coefficient (Wildman–Crippen LogP) is 2.49. The van der Waals surface area contributed by atoms with Crippen LogP contribution in [0.2, 0.25) is 0 Å². The summed E-state index contributed by atoms with van der Waals surface area (Å²) in [7, 11) is 0. The van der Waals surface area contributed by atoms with E-state index in [9.17, 15) is 0 Å². The van der Waals surface area contributed by atoms with Crippen LogP contribution in [0.3, 0.4) is 0 Å². The second kappa shape index (κ2) is 5.78. The van der Waals surface area contributed by atoms with E-state index in [-0.39, 0.29) is 0 Å². The number of H-pyrrole nitrogens is 1. The quantitative estimate of drug-likeness (QED) is 0.516. The second-order valence-corrected chi connectivity index (χ2v) is 6.32. The van der Waals surface area contributed by atoms with Crippen molar-refractivity contribution < 1.29 is 0 Å². The van der Waals surface area contributed by atoms with Gasteiger partial charge in [-0.2, -0.15) is 14.6 Å². The number of anilines is 1. The van der Waals surface area contributed by atoms with E-state index >= 15 is 0 Å². The van der Waals surface area contributed by atoms with Crippen LogP contribution in [-0.4, -0.2) is 40.8 Å². The number of aromatic amines is 1. The van der Waals surface area contributed by atoms with Crippen LogP contribution in [0.4, 0.5) is 5.95 Å². The Balaban J connectivity index is 1.66. The number of halogens is 1. The maximum atomic E-state index is 4.51. The van der Waals surface area contributed by atoms with Gasteiger partial charge in [-0.05, 0) is 28.3 Å². The molecule has 4 rings (SSSR count). The summed E-state index contributed by atoms with van der Waals surface area (Å²) in [5.74, 6) is 1.42. The third-order valence-corrected chi connectivity index (χ3v) is 4.34. The van der Waals surface area contributed by atoms with E-state index in [1.54, 1.807) is 23.1 Å². The van der Waals surface area contributed by atoms with Gasteiger partial charge < -0.3 is 10.3 Å². The molecule has 0 unspecified atom stereocenters. The fourth-order valence-electron chi connectivity index (χ4n) is 2.19. The number of pyridine rings is 1. The SMILES string of the molecule is CSc1nc(NCc2nc3ccncc3[nH]2)n2ncc(Br)c2n1. The molecule has 0 amide bonds. The fraction of sp³-hybridized carbons (Fsp3) is 0.154. The fourth-order valence-corrected chi connectivity index (χ4v) is 2.90. The molecule has 116 valence electrons. The molecule has 0 spiro atoms. The summed E-state index contributed by atoms with van der Waals surface area (Å²) in [6.07, 6.45) is 7.11. The van der Waals surface area contributed by atoms with E-state index in [1.165, 1.54) is 11.8 Å². The zero-order chi connectivity index (χ0) is 15.8. The van der Waals surface area contributed by atoms with Crippen LogP contribution in [0, 0.1) is 0 Å². The highest BCUT2D eigenvalue weighted by Gasteiger charge is 2.12. The highest BCUT2D eigenvalue weighted by atomic mass is 79.9. The molecule has 0 fully saturated rings. The summed E-state index contributed by atoms with van der Waals surface area (Å²) >= 11 is 4.93. The first-order valence-corrected chi connectivity index (χ1v) is 8.74. The lowest BCUT2D eigenvalue weighted by Gasteiger charge is -2.07. The topological polar surface area (TPSA) is 96.7 Å². The number of nitrogens with zero attached hydrogens (tertiary/aromatic N) is 6. The first kappa shape index (κ1) is 14.4. The second-order valence-electron chi connectivity index (χ2n) is 4.69. The maximum absolute atomic E-state index is 4.51. The number of fused-ring (bicyclic) bond motifs is 2. The molecule has 0 aromatic carbocycles. The first-order valence-electron chi connectivity index (χ1n) is 6.72. The summed E-state index contributed by atoms with van der Waals surface area (Å²) in [6, 6.07) is 1.87. The summed E-state index contributed by atoms with van der Waals surface area (Å²) in [5.41, 5.74) is 2.51. The number of rotatable bonds is 4. The average Bonchev–Trinajstić information content (AvgIpc) is 3.16. The van der Waals surface area contributed by atoms with E-state index in [1.807, 2.05) is 12.3 Å². The lowest BCUT2D eigenvalue weighted by Crippen LogP contribution is -2.10. The molecule has 2 N–H and O–H groups in total. The van der Waals surface area contributed by atoms with Gasteiger partial charge in [0.1, 0.15) is 5.82 Å². The Bertz CT molecular complexity index is 961. The lowest BCUT2D eigenvalue weighted by molar-refractivity contribution is 0.824. The van der Waals surface area contributed by atoms with Gasteiger partial charge in [-0.1, -0.05) is 11.8 Å². The van der Waals surface area contributed by atoms with Crippen molar-refractivity contribution in [2.75, 3.05) is 11.6 Å². The number of nitrogens with one attached hydrogen (secondary N) is 2. The molecule has 0 saturated carbocycles. The van der Waals surface area contributed by atoms with Crippen LogP contribution in [0.25, 0.3) is 16.7 Å². The Morgan fingerprint density at radius 3 is 3.04 bits per heavy atom. The van der Waals surface area contributed by atoms with Gasteiger partial charge in [0.2, 0.25) is 5.95 Å². The molecule has 0 atom stereocenters. The van der Waals surface area contributed by atoms with Crippen LogP contribution in [0.15, 0.2) is 34.3 Å². The first-order chi connectivity index (χ1) is 11.2. The molecule has 0 aliphatic rings. The molecule has 4 heterocycles. The molecule has 0 bridgehead atoms. The summed E-state index contributed by atoms with van der Waals surface area (Å²) in [6.45, 7) is 0.492. The molecule has 0 radical (unpaired) electrons. The smallest absolute Gasteiger partial charge is 0.228 e. The minimum atomic E-state index is 0.492. The van der Waals surface area contributed by atoms with E-state index in [4.69, 9.17) is 0 Å². The highest BCUT2D eigenvalue weighted by molar-refractivity contribution is 9.10. The van der Waals surface area contributed by atoms with Crippen LogP contribution < -0.4 is 5.32 Å². The van der Waals surface area contributed by atoms with Gasteiger partial charge in [-0.15, -0.1) is 0 Å². The molecule has 0 saturated heterocycles. The zero-order valence-electron chi connectivity index (χ0n) is 12.0. The van der Waals surface area contributed by atoms with E-state index < -0.39 is 0 Å². The molecule has 0 aliphatic carbocycles. The Hall–Kier alpha value is -2.20. The van der Waals surface area contributed by atoms with Gasteiger partial charge in [0.05, 0.1) is 34.4 Å². The number of hydrogen-bond donors (Lipinski definition) is 2. The Morgan fingerprint density at radius 1 is 1.30 bits per heavy atom. The Morgan fingerprint density at radius 2 is 2.22 bits per heavy atom. The Kier molecular flexibility index (Phi) is 3.62. The summed E-state index contributed by atoms with van der Waals surface area (Å²) in [5, 5.41) is 8.21. The third kappa shape index (κ3) is 2.63. The van der Waals surface area contributed by atoms with Crippen molar-refractivity contribution in [3.8, 4) is 0 Å². The number of aromatic nitrogens is 7. The van der Waals surface area contributed by atoms with Crippen molar-refractivity contribution in [1.82, 2.24) is 34.5 Å². The van der Waals surface area contributed by atoms with Crippen LogP contribution in [0.1, 0.15) is 5.82 Å². The molecular weight excluding hydrogens is 380 g/mol. The normalized spacial score (nSPS) is 11.4. The van der Waals surface area contributed by atoms with E-state index in [0.29, 0.717) is 17.6 Å². The number of hydrogen-bond acceptors (Lipinski definition) is 7. The average molecular weight is 391 g/mol. The molecule has 4 aromatic rings. The third-order valence-electron chi connectivity index (χ3n) is 3.23. The molecule has 23 heavy (non-hydrogen) atoms. The van der Waals surface area contributed by atoms with E-state index in [2.05, 4.69) is 51.3 Å². The van der Waals surface area contributed by atoms with Crippen molar-refractivity contribution in [2.24, 2.45) is 0 Å². The van der Waals surface area contributed by atoms with Gasteiger partial charge in [0.25, 0.3) is 0 Å². The largest absolute Gasteiger partial charge is 0.347 e. The van der Waals surface area contributed by atoms with Crippen LogP contribution >= 0.6 is 27.7 Å². The number of imidazole rings is 1. The summed E-state index contributed by atoms with van der Waals surface area (Å²) < 4.78 is 2.49. The molecule has 8 nitrogen and oxygen atoms in total. The summed E-state index contributed by atoms with van der Waals surface area (Å²) in [4.78, 5) is 20.7. The molecular formula is C13H11BrN8S. The highest BCUT2D eigenvalue weighted by Crippen LogP contribution is 2.21. The van der Waals surface area contributed by atoms with Crippen molar-refractivity contribution in [3.05, 3.63) is 35.0 Å². The number of thioether (sulfide) groups is 1. The Labute approximate surface area is 143 Å². The standard InChI is InChI=1S/C13H11BrN8S/c1-23-13-20-11-7(14)4-17-22(11)12(21-13)16-6-10-18-8-2-3-15-5-9(8)19-10/h2-5H,6H2,1H3,(H,18,19)(H,16,20,21). The zero-order valence-corrected chi connectivity index (χ0v) is 14.4. The van der Waals surface area contributed by atoms with Crippen molar-refractivity contribution in [2.45, 2.75) is 11.7 Å². The minimum absolute atomic E-state index is 0.492. The molecule has 0 aliphatic heterocycles. The van der Waals surface area contributed by atoms with Crippen molar-refractivity contribution >= 4 is 50.3 Å². The molecule has 4 aromatic heterocycles. The lowest BCUT2D eigenvalue weighted by atomic mass is 10.4. The van der Waals surface area contributed by atoms with Crippen LogP contribution in [-0.2, 0) is 6.54 Å². The minimum Gasteiger partial charge on any atom is -0.347 e.